The lowest BCUT2D eigenvalue weighted by Crippen LogP contribution is -2.50. The first kappa shape index (κ1) is 19.4. The van der Waals surface area contributed by atoms with Crippen molar-refractivity contribution in [1.82, 2.24) is 0 Å². The summed E-state index contributed by atoms with van der Waals surface area (Å²) in [4.78, 5) is 23.8. The smallest absolute Gasteiger partial charge is 0.240 e. The number of benzene rings is 1. The van der Waals surface area contributed by atoms with Gasteiger partial charge in [0.05, 0.1) is 27.6 Å². The molecule has 4 rings (SSSR count). The van der Waals surface area contributed by atoms with Crippen molar-refractivity contribution in [3.63, 3.8) is 0 Å². The lowest BCUT2D eigenvalue weighted by atomic mass is 9.84. The lowest BCUT2D eigenvalue weighted by Gasteiger charge is -2.34. The van der Waals surface area contributed by atoms with Crippen molar-refractivity contribution in [3.05, 3.63) is 38.8 Å². The topological polar surface area (TPSA) is 37.4 Å². The molecule has 1 aromatic rings. The molecular weight excluding hydrogens is 486 g/mol. The molecule has 3 nitrogen and oxygen atoms in total. The summed E-state index contributed by atoms with van der Waals surface area (Å²) in [5.41, 5.74) is 1.01. The molecule has 0 radical (unpaired) electrons. The zero-order valence-corrected chi connectivity index (χ0v) is 18.1. The Balaban J connectivity index is 1.94. The molecule has 0 aromatic heterocycles. The van der Waals surface area contributed by atoms with Gasteiger partial charge in [-0.3, -0.25) is 9.59 Å². The van der Waals surface area contributed by atoms with E-state index in [0.717, 1.165) is 4.90 Å². The molecule has 10 heteroatoms. The molecule has 2 amide bonds. The maximum atomic E-state index is 13.2. The van der Waals surface area contributed by atoms with E-state index in [9.17, 15) is 9.59 Å². The van der Waals surface area contributed by atoms with Crippen LogP contribution < -0.4 is 4.90 Å². The van der Waals surface area contributed by atoms with Crippen molar-refractivity contribution in [2.75, 3.05) is 4.90 Å². The Bertz CT molecular complexity index is 883. The van der Waals surface area contributed by atoms with Gasteiger partial charge in [-0.2, -0.15) is 0 Å². The predicted octanol–water partition coefficient (Wildman–Crippen LogP) is 5.60. The number of allylic oxidation sites excluding steroid dienone is 2. The minimum Gasteiger partial charge on any atom is -0.274 e. The van der Waals surface area contributed by atoms with E-state index in [1.807, 2.05) is 0 Å². The van der Waals surface area contributed by atoms with Crippen LogP contribution >= 0.6 is 81.2 Å². The summed E-state index contributed by atoms with van der Waals surface area (Å²) >= 11 is 44.7. The van der Waals surface area contributed by atoms with Gasteiger partial charge in [0.2, 0.25) is 11.8 Å². The summed E-state index contributed by atoms with van der Waals surface area (Å²) in [6, 6.07) is 4.86. The van der Waals surface area contributed by atoms with E-state index in [1.165, 1.54) is 6.07 Å². The molecule has 3 aliphatic rings. The van der Waals surface area contributed by atoms with Crippen LogP contribution in [-0.2, 0) is 9.59 Å². The maximum Gasteiger partial charge on any atom is 0.240 e. The Hall–Kier alpha value is 0.130. The maximum absolute atomic E-state index is 13.2. The fraction of sp³-hybridized carbons (Fsp3) is 0.375. The molecule has 0 spiro atoms. The monoisotopic (exact) mass is 491 g/mol. The average Bonchev–Trinajstić information content (AvgIpc) is 2.95. The summed E-state index contributed by atoms with van der Waals surface area (Å²) in [6.07, 6.45) is 0. The molecule has 138 valence electrons. The van der Waals surface area contributed by atoms with Crippen LogP contribution in [0.25, 0.3) is 0 Å². The fourth-order valence-corrected chi connectivity index (χ4v) is 7.15. The third-order valence-corrected chi connectivity index (χ3v) is 9.81. The Morgan fingerprint density at radius 1 is 0.885 bits per heavy atom. The van der Waals surface area contributed by atoms with Crippen LogP contribution in [0.15, 0.2) is 28.3 Å². The van der Waals surface area contributed by atoms with Gasteiger partial charge in [0, 0.05) is 5.02 Å². The van der Waals surface area contributed by atoms with E-state index in [-0.39, 0.29) is 10.1 Å². The van der Waals surface area contributed by atoms with Crippen molar-refractivity contribution in [1.29, 1.82) is 0 Å². The third-order valence-electron chi connectivity index (χ3n) is 5.32. The van der Waals surface area contributed by atoms with E-state index in [2.05, 4.69) is 0 Å². The van der Waals surface area contributed by atoms with Crippen molar-refractivity contribution < 1.29 is 9.59 Å². The van der Waals surface area contributed by atoms with Gasteiger partial charge in [0.25, 0.3) is 0 Å². The molecule has 1 saturated carbocycles. The number of amides is 2. The van der Waals surface area contributed by atoms with E-state index >= 15 is 0 Å². The highest BCUT2D eigenvalue weighted by atomic mass is 35.5. The number of alkyl halides is 4. The zero-order valence-electron chi connectivity index (χ0n) is 12.8. The number of halogens is 7. The fourth-order valence-electron chi connectivity index (χ4n) is 4.06. The van der Waals surface area contributed by atoms with Gasteiger partial charge in [-0.15, -0.1) is 23.2 Å². The summed E-state index contributed by atoms with van der Waals surface area (Å²) in [5.74, 6) is -3.51. The second-order valence-corrected chi connectivity index (χ2v) is 10.2. The predicted molar refractivity (Wildman–Crippen MR) is 106 cm³/mol. The van der Waals surface area contributed by atoms with E-state index in [4.69, 9.17) is 81.2 Å². The number of nitrogens with zero attached hydrogens (tertiary/aromatic N) is 1. The van der Waals surface area contributed by atoms with E-state index in [1.54, 1.807) is 19.1 Å². The number of hydrogen-bond donors (Lipinski definition) is 0. The van der Waals surface area contributed by atoms with Crippen LogP contribution in [-0.4, -0.2) is 25.9 Å². The zero-order chi connectivity index (χ0) is 19.4. The molecule has 4 unspecified atom stereocenters. The molecule has 1 aliphatic heterocycles. The number of rotatable bonds is 1. The van der Waals surface area contributed by atoms with Crippen LogP contribution in [0.5, 0.6) is 0 Å². The van der Waals surface area contributed by atoms with Crippen LogP contribution in [0.2, 0.25) is 5.02 Å². The van der Waals surface area contributed by atoms with Crippen molar-refractivity contribution in [2.45, 2.75) is 21.0 Å². The Morgan fingerprint density at radius 3 is 1.81 bits per heavy atom. The first-order valence-corrected chi connectivity index (χ1v) is 10.0. The van der Waals surface area contributed by atoms with Gasteiger partial charge >= 0.3 is 0 Å². The number of carbonyl (C=O) groups is 2. The van der Waals surface area contributed by atoms with Gasteiger partial charge in [-0.1, -0.05) is 64.1 Å². The van der Waals surface area contributed by atoms with Crippen molar-refractivity contribution >= 4 is 98.7 Å². The molecule has 1 saturated heterocycles. The molecule has 4 atom stereocenters. The standard InChI is InChI=1S/C16H8Cl7NO2/c1-5-2-3-6(17)4-7(5)24-12(25)8-9(13(24)26)15(21)11(19)10(18)14(8,20)16(15,22)23/h2-4,8-9H,1H3. The van der Waals surface area contributed by atoms with Gasteiger partial charge in [0.1, 0.15) is 9.75 Å². The minimum absolute atomic E-state index is 0.118. The Kier molecular flexibility index (Phi) is 4.19. The van der Waals surface area contributed by atoms with Crippen LogP contribution in [0, 0.1) is 18.8 Å². The van der Waals surface area contributed by atoms with Crippen LogP contribution in [0.1, 0.15) is 5.56 Å². The molecule has 0 N–H and O–H groups in total. The molecule has 2 bridgehead atoms. The largest absolute Gasteiger partial charge is 0.274 e. The SMILES string of the molecule is Cc1ccc(Cl)cc1N1C(=O)C2C(C1=O)C1(Cl)C(Cl)=C(Cl)C2(Cl)C1(Cl)Cl. The summed E-state index contributed by atoms with van der Waals surface area (Å²) in [5, 5.41) is 0.131. The number of imide groups is 1. The first-order chi connectivity index (χ1) is 11.9. The molecule has 1 aromatic carbocycles. The van der Waals surface area contributed by atoms with Gasteiger partial charge in [-0.05, 0) is 24.6 Å². The normalized spacial score (nSPS) is 37.8. The second kappa shape index (κ2) is 5.60. The number of anilines is 1. The minimum atomic E-state index is -1.94. The number of aryl methyl sites for hydroxylation is 1. The lowest BCUT2D eigenvalue weighted by molar-refractivity contribution is -0.123. The number of carbonyl (C=O) groups excluding carboxylic acids is 2. The van der Waals surface area contributed by atoms with Crippen molar-refractivity contribution in [2.24, 2.45) is 11.8 Å². The molecule has 26 heavy (non-hydrogen) atoms. The highest BCUT2D eigenvalue weighted by molar-refractivity contribution is 6.67. The third kappa shape index (κ3) is 1.87. The molecule has 2 aliphatic carbocycles. The molecular formula is C16H8Cl7NO2. The first-order valence-electron chi connectivity index (χ1n) is 7.38. The van der Waals surface area contributed by atoms with Gasteiger partial charge < -0.3 is 0 Å². The van der Waals surface area contributed by atoms with Gasteiger partial charge in [-0.25, -0.2) is 4.90 Å². The van der Waals surface area contributed by atoms with Crippen LogP contribution in [0.3, 0.4) is 0 Å². The van der Waals surface area contributed by atoms with Crippen LogP contribution in [0.4, 0.5) is 5.69 Å². The average molecular weight is 494 g/mol. The molecule has 1 heterocycles. The van der Waals surface area contributed by atoms with E-state index in [0.29, 0.717) is 16.3 Å². The number of hydrogen-bond acceptors (Lipinski definition) is 2. The summed E-state index contributed by atoms with van der Waals surface area (Å²) in [6.45, 7) is 1.74. The highest BCUT2D eigenvalue weighted by Crippen LogP contribution is 2.77. The van der Waals surface area contributed by atoms with Gasteiger partial charge in [0.15, 0.2) is 4.33 Å². The second-order valence-electron chi connectivity index (χ2n) is 6.52. The summed E-state index contributed by atoms with van der Waals surface area (Å²) < 4.78 is -1.94. The highest BCUT2D eigenvalue weighted by Gasteiger charge is 2.87. The van der Waals surface area contributed by atoms with E-state index < -0.39 is 37.7 Å². The quantitative estimate of drug-likeness (QED) is 0.377. The Labute approximate surface area is 184 Å². The number of fused-ring (bicyclic) bond motifs is 5. The Morgan fingerprint density at radius 2 is 1.35 bits per heavy atom. The summed E-state index contributed by atoms with van der Waals surface area (Å²) in [7, 11) is 0. The van der Waals surface area contributed by atoms with Crippen molar-refractivity contribution in [3.8, 4) is 0 Å². The molecule has 2 fully saturated rings.